The minimum atomic E-state index is 0.627. The van der Waals surface area contributed by atoms with Gasteiger partial charge >= 0.3 is 0 Å². The number of H-pyrrole nitrogens is 1. The molecule has 1 aromatic carbocycles. The normalized spacial score (nSPS) is 14.4. The number of nitrogens with zero attached hydrogens (tertiary/aromatic N) is 2. The molecule has 0 atom stereocenters. The zero-order valence-corrected chi connectivity index (χ0v) is 15.7. The van der Waals surface area contributed by atoms with Gasteiger partial charge in [-0.15, -0.1) is 0 Å². The molecule has 0 spiro atoms. The molecule has 0 radical (unpaired) electrons. The first kappa shape index (κ1) is 16.2. The van der Waals surface area contributed by atoms with Crippen LogP contribution < -0.4 is 4.90 Å². The molecule has 0 amide bonds. The maximum Gasteiger partial charge on any atom is 0.138 e. The third-order valence-corrected chi connectivity index (χ3v) is 5.45. The molecule has 3 heteroatoms. The highest BCUT2D eigenvalue weighted by molar-refractivity contribution is 5.96. The molecule has 1 aliphatic heterocycles. The number of benzene rings is 1. The van der Waals surface area contributed by atoms with E-state index in [-0.39, 0.29) is 0 Å². The van der Waals surface area contributed by atoms with Gasteiger partial charge in [0.1, 0.15) is 5.82 Å². The van der Waals surface area contributed by atoms with Gasteiger partial charge in [0.2, 0.25) is 0 Å². The summed E-state index contributed by atoms with van der Waals surface area (Å²) in [6.45, 7) is 10.9. The third-order valence-electron chi connectivity index (χ3n) is 5.45. The Balaban J connectivity index is 1.81. The summed E-state index contributed by atoms with van der Waals surface area (Å²) < 4.78 is 0. The second-order valence-electron chi connectivity index (χ2n) is 7.77. The van der Waals surface area contributed by atoms with Crippen LogP contribution in [0.3, 0.4) is 0 Å². The van der Waals surface area contributed by atoms with Crippen LogP contribution in [0.5, 0.6) is 0 Å². The number of fused-ring (bicyclic) bond motifs is 2. The lowest BCUT2D eigenvalue weighted by Gasteiger charge is -2.30. The topological polar surface area (TPSA) is 31.9 Å². The molecule has 0 unspecified atom stereocenters. The molecular formula is C22H27N3. The molecule has 1 aliphatic rings. The predicted molar refractivity (Wildman–Crippen MR) is 105 cm³/mol. The number of pyridine rings is 1. The zero-order valence-electron chi connectivity index (χ0n) is 15.7. The van der Waals surface area contributed by atoms with Crippen LogP contribution in [-0.4, -0.2) is 16.5 Å². The molecule has 0 fully saturated rings. The summed E-state index contributed by atoms with van der Waals surface area (Å²) >= 11 is 0. The molecule has 1 N–H and O–H groups in total. The number of hydrogen-bond acceptors (Lipinski definition) is 2. The van der Waals surface area contributed by atoms with Gasteiger partial charge in [-0.2, -0.15) is 0 Å². The quantitative estimate of drug-likeness (QED) is 0.736. The maximum atomic E-state index is 4.94. The van der Waals surface area contributed by atoms with Crippen molar-refractivity contribution in [1.82, 2.24) is 9.97 Å². The number of aryl methyl sites for hydroxylation is 2. The first-order valence-electron chi connectivity index (χ1n) is 9.33. The highest BCUT2D eigenvalue weighted by atomic mass is 15.2. The summed E-state index contributed by atoms with van der Waals surface area (Å²) in [5, 5.41) is 1.31. The number of rotatable bonds is 3. The fraction of sp³-hybridized carbons (Fsp3) is 0.409. The van der Waals surface area contributed by atoms with Crippen molar-refractivity contribution in [2.45, 2.75) is 47.1 Å². The van der Waals surface area contributed by atoms with E-state index in [4.69, 9.17) is 4.98 Å². The van der Waals surface area contributed by atoms with Crippen LogP contribution in [0.25, 0.3) is 10.9 Å². The van der Waals surface area contributed by atoms with Gasteiger partial charge in [-0.1, -0.05) is 38.1 Å². The molecule has 0 saturated carbocycles. The summed E-state index contributed by atoms with van der Waals surface area (Å²) in [6.07, 6.45) is 4.25. The van der Waals surface area contributed by atoms with Gasteiger partial charge in [-0.3, -0.25) is 0 Å². The Bertz CT molecular complexity index is 920. The summed E-state index contributed by atoms with van der Waals surface area (Å²) in [5.74, 6) is 1.76. The Morgan fingerprint density at radius 1 is 1.16 bits per heavy atom. The van der Waals surface area contributed by atoms with Crippen molar-refractivity contribution in [2.75, 3.05) is 11.4 Å². The van der Waals surface area contributed by atoms with Gasteiger partial charge in [-0.05, 0) is 54.9 Å². The SMILES string of the molecule is Cc1[nH]c2c(CC(C)C)cnc(N3CCc4ccccc4C3)c2c1C. The molecule has 4 rings (SSSR count). The number of hydrogen-bond donors (Lipinski definition) is 1. The molecule has 2 aromatic heterocycles. The van der Waals surface area contributed by atoms with Crippen LogP contribution in [-0.2, 0) is 19.4 Å². The zero-order chi connectivity index (χ0) is 17.6. The van der Waals surface area contributed by atoms with E-state index in [1.54, 1.807) is 0 Å². The Morgan fingerprint density at radius 2 is 1.92 bits per heavy atom. The third kappa shape index (κ3) is 2.82. The Hall–Kier alpha value is -2.29. The molecule has 0 saturated heterocycles. The largest absolute Gasteiger partial charge is 0.358 e. The Morgan fingerprint density at radius 3 is 2.68 bits per heavy atom. The molecular weight excluding hydrogens is 306 g/mol. The smallest absolute Gasteiger partial charge is 0.138 e. The van der Waals surface area contributed by atoms with E-state index in [1.165, 1.54) is 38.9 Å². The summed E-state index contributed by atoms with van der Waals surface area (Å²) in [7, 11) is 0. The second-order valence-corrected chi connectivity index (χ2v) is 7.77. The van der Waals surface area contributed by atoms with Crippen LogP contribution in [0.2, 0.25) is 0 Å². The van der Waals surface area contributed by atoms with Crippen molar-refractivity contribution < 1.29 is 0 Å². The average molecular weight is 333 g/mol. The van der Waals surface area contributed by atoms with E-state index in [1.807, 2.05) is 0 Å². The summed E-state index contributed by atoms with van der Waals surface area (Å²) in [6, 6.07) is 8.79. The lowest BCUT2D eigenvalue weighted by atomic mass is 9.98. The molecule has 0 bridgehead atoms. The summed E-state index contributed by atoms with van der Waals surface area (Å²) in [4.78, 5) is 11.0. The van der Waals surface area contributed by atoms with E-state index in [9.17, 15) is 0 Å². The van der Waals surface area contributed by atoms with Gasteiger partial charge < -0.3 is 9.88 Å². The van der Waals surface area contributed by atoms with Crippen LogP contribution in [0.1, 0.15) is 41.8 Å². The fourth-order valence-electron chi connectivity index (χ4n) is 4.02. The predicted octanol–water partition coefficient (Wildman–Crippen LogP) is 4.94. The van der Waals surface area contributed by atoms with Gasteiger partial charge in [0, 0.05) is 30.4 Å². The van der Waals surface area contributed by atoms with E-state index in [0.29, 0.717) is 5.92 Å². The number of nitrogens with one attached hydrogen (secondary N) is 1. The standard InChI is InChI=1S/C22H27N3/c1-14(2)11-19-12-23-22(20-15(3)16(4)24-21(19)20)25-10-9-17-7-5-6-8-18(17)13-25/h5-8,12,14,24H,9-11,13H2,1-4H3. The van der Waals surface area contributed by atoms with Crippen molar-refractivity contribution in [2.24, 2.45) is 5.92 Å². The van der Waals surface area contributed by atoms with E-state index in [2.05, 4.69) is 68.0 Å². The van der Waals surface area contributed by atoms with Crippen LogP contribution in [0.4, 0.5) is 5.82 Å². The number of aromatic nitrogens is 2. The lowest BCUT2D eigenvalue weighted by Crippen LogP contribution is -2.31. The molecule has 0 aliphatic carbocycles. The van der Waals surface area contributed by atoms with E-state index < -0.39 is 0 Å². The number of aromatic amines is 1. The molecule has 3 nitrogen and oxygen atoms in total. The highest BCUT2D eigenvalue weighted by Crippen LogP contribution is 2.34. The van der Waals surface area contributed by atoms with Crippen molar-refractivity contribution >= 4 is 16.7 Å². The van der Waals surface area contributed by atoms with Crippen molar-refractivity contribution in [3.63, 3.8) is 0 Å². The van der Waals surface area contributed by atoms with Crippen LogP contribution in [0, 0.1) is 19.8 Å². The first-order chi connectivity index (χ1) is 12.0. The monoisotopic (exact) mass is 333 g/mol. The second kappa shape index (κ2) is 6.21. The van der Waals surface area contributed by atoms with Crippen molar-refractivity contribution in [1.29, 1.82) is 0 Å². The van der Waals surface area contributed by atoms with E-state index >= 15 is 0 Å². The van der Waals surface area contributed by atoms with Gasteiger partial charge in [0.05, 0.1) is 5.52 Å². The first-order valence-corrected chi connectivity index (χ1v) is 9.33. The minimum Gasteiger partial charge on any atom is -0.358 e. The minimum absolute atomic E-state index is 0.627. The molecule has 130 valence electrons. The van der Waals surface area contributed by atoms with Crippen LogP contribution in [0.15, 0.2) is 30.5 Å². The Labute approximate surface area is 150 Å². The van der Waals surface area contributed by atoms with Gasteiger partial charge in [0.15, 0.2) is 0 Å². The summed E-state index contributed by atoms with van der Waals surface area (Å²) in [5.41, 5.74) is 8.12. The van der Waals surface area contributed by atoms with Crippen LogP contribution >= 0.6 is 0 Å². The van der Waals surface area contributed by atoms with Crippen molar-refractivity contribution in [3.8, 4) is 0 Å². The average Bonchev–Trinajstić information content (AvgIpc) is 2.90. The Kier molecular flexibility index (Phi) is 4.03. The van der Waals surface area contributed by atoms with Gasteiger partial charge in [-0.25, -0.2) is 4.98 Å². The molecule has 3 aromatic rings. The molecule has 3 heterocycles. The van der Waals surface area contributed by atoms with Crippen molar-refractivity contribution in [3.05, 3.63) is 58.4 Å². The number of anilines is 1. The molecule has 25 heavy (non-hydrogen) atoms. The fourth-order valence-corrected chi connectivity index (χ4v) is 4.02. The maximum absolute atomic E-state index is 4.94. The van der Waals surface area contributed by atoms with Gasteiger partial charge in [0.25, 0.3) is 0 Å². The highest BCUT2D eigenvalue weighted by Gasteiger charge is 2.22. The lowest BCUT2D eigenvalue weighted by molar-refractivity contribution is 0.647. The van der Waals surface area contributed by atoms with E-state index in [0.717, 1.165) is 31.7 Å².